The Kier molecular flexibility index (Phi) is 22.4. The van der Waals surface area contributed by atoms with E-state index in [9.17, 15) is 45.3 Å². The van der Waals surface area contributed by atoms with Crippen LogP contribution in [-0.4, -0.2) is 182 Å². The summed E-state index contributed by atoms with van der Waals surface area (Å²) < 4.78 is 73.6. The molecule has 22 rings (SSSR count). The molecule has 28 nitrogen and oxygen atoms in total. The van der Waals surface area contributed by atoms with Crippen LogP contribution in [0.15, 0.2) is 122 Å². The van der Waals surface area contributed by atoms with Crippen LogP contribution >= 0.6 is 23.5 Å². The number of methoxy groups -OCH3 is 4. The quantitative estimate of drug-likeness (QED) is 0.0258. The first-order chi connectivity index (χ1) is 60.6. The molecule has 0 radical (unpaired) electrons. The van der Waals surface area contributed by atoms with Crippen molar-refractivity contribution in [1.82, 2.24) is 30.7 Å². The van der Waals surface area contributed by atoms with Gasteiger partial charge in [-0.05, 0) is 145 Å². The summed E-state index contributed by atoms with van der Waals surface area (Å²) in [5.74, 6) is 1.28. The highest BCUT2D eigenvalue weighted by Gasteiger charge is 2.65. The molecule has 14 aliphatic heterocycles. The second-order valence-electron chi connectivity index (χ2n) is 33.2. The number of piperazine rings is 2. The Bertz CT molecular complexity index is 5980. The summed E-state index contributed by atoms with van der Waals surface area (Å²) in [5.41, 5.74) is 9.90. The Labute approximate surface area is 736 Å². The number of fused-ring (bicyclic) bond motifs is 18. The molecule has 14 heterocycles. The second-order valence-corrected chi connectivity index (χ2v) is 35.5. The van der Waals surface area contributed by atoms with Crippen LogP contribution in [0.5, 0.6) is 80.5 Å². The van der Waals surface area contributed by atoms with Crippen molar-refractivity contribution in [3.05, 3.63) is 222 Å². The molecule has 4 fully saturated rings. The van der Waals surface area contributed by atoms with Crippen molar-refractivity contribution in [3.8, 4) is 92.6 Å². The molecule has 126 heavy (non-hydrogen) atoms. The molecular weight excluding hydrogens is 1650 g/mol. The van der Waals surface area contributed by atoms with E-state index in [0.717, 1.165) is 44.5 Å². The molecule has 4 saturated heterocycles. The van der Waals surface area contributed by atoms with E-state index in [-0.39, 0.29) is 104 Å². The lowest BCUT2D eigenvalue weighted by Crippen LogP contribution is -2.70. The maximum atomic E-state index is 15.0. The molecule has 7 N–H and O–H groups in total. The SMILES string of the molecule is C.C=CCN1[C@@H]2c3c(cc(C)c(OC)c3O)C[C@H]1[C@H](C#N)N1C2[C@@H]2SC[C@]3(NCCc4cc(O)c(OC)cc43)C(=O)OC[C@H]1c1c3c(c(C)c(OC(=O)/C=C/c4ccccc4)c12)OCO3.COc1cc2c(cc1O)CCN[C@]21CS[C@@H]2c3c(OC(=O)/C=C/c4ccccc4)c(C)c4c(c3[C@H](COC1=O)N1C2[C@@H]2N[C@@H](Cc3cc(C)c(OC)c(O)c32)[C@@H]1C#N)OCO4. The van der Waals surface area contributed by atoms with Crippen LogP contribution in [0, 0.1) is 50.4 Å². The molecule has 8 bridgehead atoms. The lowest BCUT2D eigenvalue weighted by atomic mass is 9.71. The number of aryl methyl sites for hydroxylation is 2. The Morgan fingerprint density at radius 2 is 1.02 bits per heavy atom. The van der Waals surface area contributed by atoms with Crippen LogP contribution in [0.2, 0.25) is 0 Å². The fraction of sp³-hybridized carbons (Fsp3) is 0.375. The summed E-state index contributed by atoms with van der Waals surface area (Å²) in [7, 11) is 5.99. The zero-order valence-corrected chi connectivity index (χ0v) is 71.5. The van der Waals surface area contributed by atoms with E-state index in [1.165, 1.54) is 64.1 Å². The molecule has 8 aromatic rings. The van der Waals surface area contributed by atoms with Gasteiger partial charge >= 0.3 is 23.9 Å². The van der Waals surface area contributed by atoms with Crippen molar-refractivity contribution in [1.29, 1.82) is 10.5 Å². The van der Waals surface area contributed by atoms with E-state index in [1.807, 2.05) is 107 Å². The molecule has 0 aromatic heterocycles. The number of carbonyl (C=O) groups is 4. The monoisotopic (exact) mass is 1740 g/mol. The first-order valence-electron chi connectivity index (χ1n) is 41.6. The average molecular weight is 1750 g/mol. The Hall–Kier alpha value is -12.1. The third-order valence-corrected chi connectivity index (χ3v) is 29.8. The number of nitrogens with zero attached hydrogens (tertiary/aromatic N) is 5. The van der Waals surface area contributed by atoms with Crippen molar-refractivity contribution < 1.29 is 96.4 Å². The van der Waals surface area contributed by atoms with Gasteiger partial charge in [0, 0.05) is 112 Å². The highest BCUT2D eigenvalue weighted by Crippen LogP contribution is 2.68. The van der Waals surface area contributed by atoms with E-state index < -0.39 is 93.8 Å². The number of phenolic OH excluding ortho intramolecular Hbond substituents is 4. The van der Waals surface area contributed by atoms with Gasteiger partial charge in [0.25, 0.3) is 0 Å². The van der Waals surface area contributed by atoms with Gasteiger partial charge in [0.1, 0.15) is 36.8 Å². The van der Waals surface area contributed by atoms with Crippen molar-refractivity contribution in [2.24, 2.45) is 0 Å². The van der Waals surface area contributed by atoms with Crippen molar-refractivity contribution in [2.45, 2.75) is 143 Å². The lowest BCUT2D eigenvalue weighted by Gasteiger charge is -2.62. The number of nitrogens with one attached hydrogen (secondary N) is 3. The predicted octanol–water partition coefficient (Wildman–Crippen LogP) is 12.2. The number of ether oxygens (including phenoxy) is 12. The Morgan fingerprint density at radius 3 is 1.49 bits per heavy atom. The number of hydrogen-bond acceptors (Lipinski definition) is 30. The van der Waals surface area contributed by atoms with Crippen LogP contribution < -0.4 is 63.3 Å². The molecule has 14 atom stereocenters. The molecule has 8 aromatic carbocycles. The standard InChI is InChI=1S/C49H48N4O10S.C46H44N4O10S.CH4/c1-6-16-52-31-18-29-17-25(2)43(59-5)42(56)37(29)40(52)41-47-39-38(46-45(61-24-62-46)26(3)44(39)63-36(55)13-12-27-10-8-7-9-11-27)33(53(41)32(31)21-50)22-60-48(57)49(23-64-47)30-20-35(58-4)34(54)19-28(30)14-15-51-49;1-22-14-26-15-28-29(18-47)50-30-19-57-45(54)46(27-17-32(55-3)31(51)16-25(27)12-13-48-46)20-61-44(38(50)37(49-28)34(26)39(53)40(22)56-4)36-35(30)43-42(58-21-59-43)23(2)41(36)60-33(52)11-10-24-8-6-5-7-9-24;/h6-13,17,19-20,31-33,40-41,47,51,54,56H,1,14-16,18,22-24H2,2-5H3;5-11,14,16-17,28-30,37-38,44,48-49,51,53H,12-13,15,19-21H2,1-4H3;1H4/b13-12+;11-10+;/t31-,32-,33-,40+,41?,47+,49+;28-,29-,30-,37+,38?,44+,46+;/m00./s1. The zero-order chi connectivity index (χ0) is 86.9. The number of thioether (sulfide) groups is 2. The van der Waals surface area contributed by atoms with Gasteiger partial charge in [0.2, 0.25) is 13.6 Å². The minimum atomic E-state index is -1.41. The molecule has 0 aliphatic carbocycles. The number of benzene rings is 8. The Balaban J connectivity index is 0.000000170. The molecule has 2 unspecified atom stereocenters. The second kappa shape index (κ2) is 33.3. The summed E-state index contributed by atoms with van der Waals surface area (Å²) in [6.07, 6.45) is 9.94. The van der Waals surface area contributed by atoms with Crippen LogP contribution in [-0.2, 0) is 65.4 Å². The molecular formula is C96H96N8O20S2. The van der Waals surface area contributed by atoms with Gasteiger partial charge in [-0.15, -0.1) is 30.1 Å². The number of rotatable bonds is 12. The highest BCUT2D eigenvalue weighted by atomic mass is 32.2. The van der Waals surface area contributed by atoms with Gasteiger partial charge in [-0.2, -0.15) is 10.5 Å². The van der Waals surface area contributed by atoms with Gasteiger partial charge in [0.05, 0.1) is 75.2 Å². The van der Waals surface area contributed by atoms with Gasteiger partial charge in [-0.3, -0.25) is 25.3 Å². The minimum Gasteiger partial charge on any atom is -0.504 e. The largest absolute Gasteiger partial charge is 0.504 e. The number of carbonyl (C=O) groups excluding carboxylic acids is 4. The lowest BCUT2D eigenvalue weighted by molar-refractivity contribution is -0.157. The van der Waals surface area contributed by atoms with Gasteiger partial charge in [-0.25, -0.2) is 19.2 Å². The maximum Gasteiger partial charge on any atom is 0.336 e. The number of nitriles is 2. The first kappa shape index (κ1) is 84.7. The third kappa shape index (κ3) is 13.4. The normalized spacial score (nSPS) is 26.5. The summed E-state index contributed by atoms with van der Waals surface area (Å²) in [4.78, 5) is 64.5. The van der Waals surface area contributed by atoms with Gasteiger partial charge in [-0.1, -0.05) is 86.3 Å². The number of hydrogen-bond donors (Lipinski definition) is 7. The summed E-state index contributed by atoms with van der Waals surface area (Å²) in [6, 6.07) is 28.7. The topological polar surface area (TPSA) is 353 Å². The molecule has 652 valence electrons. The Morgan fingerprint density at radius 1 is 0.563 bits per heavy atom. The predicted molar refractivity (Wildman–Crippen MR) is 467 cm³/mol. The summed E-state index contributed by atoms with van der Waals surface area (Å²) in [6.45, 7) is 12.2. The van der Waals surface area contributed by atoms with Crippen LogP contribution in [0.4, 0.5) is 0 Å². The van der Waals surface area contributed by atoms with E-state index in [1.54, 1.807) is 36.4 Å². The van der Waals surface area contributed by atoms with Gasteiger partial charge < -0.3 is 82.6 Å². The maximum absolute atomic E-state index is 15.0. The molecule has 0 amide bonds. The van der Waals surface area contributed by atoms with E-state index in [4.69, 9.17) is 56.8 Å². The van der Waals surface area contributed by atoms with Crippen molar-refractivity contribution >= 4 is 59.6 Å². The number of phenols is 4. The van der Waals surface area contributed by atoms with Crippen LogP contribution in [0.3, 0.4) is 0 Å². The molecule has 0 saturated carbocycles. The third-order valence-electron chi connectivity index (χ3n) is 26.9. The summed E-state index contributed by atoms with van der Waals surface area (Å²) in [5, 5.41) is 78.2. The molecule has 2 spiro atoms. The number of aromatic hydroxyl groups is 4. The van der Waals surface area contributed by atoms with Gasteiger partial charge in [0.15, 0.2) is 80.1 Å². The highest BCUT2D eigenvalue weighted by molar-refractivity contribution is 7.99. The average Bonchev–Trinajstić information content (AvgIpc) is 0.940. The molecule has 30 heteroatoms. The summed E-state index contributed by atoms with van der Waals surface area (Å²) >= 11 is 2.92. The van der Waals surface area contributed by atoms with E-state index in [2.05, 4.69) is 49.4 Å². The fourth-order valence-corrected chi connectivity index (χ4v) is 25.1. The van der Waals surface area contributed by atoms with Crippen LogP contribution in [0.1, 0.15) is 142 Å². The minimum absolute atomic E-state index is 0. The fourth-order valence-electron chi connectivity index (χ4n) is 21.7. The van der Waals surface area contributed by atoms with Crippen molar-refractivity contribution in [3.63, 3.8) is 0 Å². The smallest absolute Gasteiger partial charge is 0.336 e. The molecule has 14 aliphatic rings. The first-order valence-corrected chi connectivity index (χ1v) is 43.7. The van der Waals surface area contributed by atoms with E-state index in [0.29, 0.717) is 135 Å². The van der Waals surface area contributed by atoms with Crippen LogP contribution in [0.25, 0.3) is 12.2 Å². The zero-order valence-electron chi connectivity index (χ0n) is 69.8. The number of esters is 4. The van der Waals surface area contributed by atoms with E-state index >= 15 is 4.79 Å². The van der Waals surface area contributed by atoms with Crippen molar-refractivity contribution in [2.75, 3.05) is 86.4 Å².